The highest BCUT2D eigenvalue weighted by atomic mass is 31.1. The van der Waals surface area contributed by atoms with Gasteiger partial charge in [0.15, 0.2) is 5.56 Å². The molecule has 0 spiro atoms. The Hall–Kier alpha value is -2.52. The Morgan fingerprint density at radius 2 is 1.41 bits per heavy atom. The average molecular weight is 387 g/mol. The molecule has 0 saturated carbocycles. The highest BCUT2D eigenvalue weighted by molar-refractivity contribution is 7.66. The lowest BCUT2D eigenvalue weighted by Crippen LogP contribution is -2.19. The molecule has 0 aliphatic rings. The number of ketones is 1. The largest absolute Gasteiger partial charge is 0.496 e. The lowest BCUT2D eigenvalue weighted by atomic mass is 9.95. The number of carbonyl (C=O) groups excluding carboxylic acids is 2. The molecule has 2 aromatic carbocycles. The number of hydrogen-bond donors (Lipinski definition) is 0. The zero-order valence-corrected chi connectivity index (χ0v) is 17.3. The summed E-state index contributed by atoms with van der Waals surface area (Å²) in [5.41, 5.74) is 1.69. The van der Waals surface area contributed by atoms with Crippen LogP contribution >= 0.6 is 7.80 Å². The number of ether oxygens (including phenoxy) is 2. The number of rotatable bonds is 7. The first-order valence-corrected chi connectivity index (χ1v) is 9.89. The molecular formula is C21H24O5P+. The predicted molar refractivity (Wildman–Crippen MR) is 106 cm³/mol. The van der Waals surface area contributed by atoms with Crippen molar-refractivity contribution in [3.8, 4) is 11.5 Å². The van der Waals surface area contributed by atoms with Gasteiger partial charge in [0.1, 0.15) is 11.5 Å². The van der Waals surface area contributed by atoms with E-state index in [0.717, 1.165) is 16.7 Å². The van der Waals surface area contributed by atoms with E-state index < -0.39 is 19.0 Å². The predicted octanol–water partition coefficient (Wildman–Crippen LogP) is 4.87. The van der Waals surface area contributed by atoms with Gasteiger partial charge in [0, 0.05) is 5.56 Å². The van der Waals surface area contributed by atoms with Crippen LogP contribution in [0.4, 0.5) is 0 Å². The number of benzene rings is 2. The minimum atomic E-state index is -2.52. The topological polar surface area (TPSA) is 69.7 Å². The molecule has 0 amide bonds. The SMILES string of the molecule is COc1cccc(OC)c1C(=O)[P+](=O)C(C)C(=O)c1c(C)cc(C)cc1C. The molecule has 0 heterocycles. The number of aryl methyl sites for hydroxylation is 3. The summed E-state index contributed by atoms with van der Waals surface area (Å²) in [5.74, 6) is 0.239. The van der Waals surface area contributed by atoms with Crippen molar-refractivity contribution in [2.24, 2.45) is 0 Å². The third-order valence-electron chi connectivity index (χ3n) is 4.50. The van der Waals surface area contributed by atoms with Gasteiger partial charge in [0.05, 0.1) is 14.2 Å². The van der Waals surface area contributed by atoms with Crippen molar-refractivity contribution in [3.05, 3.63) is 58.1 Å². The molecule has 5 nitrogen and oxygen atoms in total. The van der Waals surface area contributed by atoms with Crippen LogP contribution in [-0.4, -0.2) is 31.2 Å². The molecule has 0 saturated heterocycles. The van der Waals surface area contributed by atoms with E-state index >= 15 is 0 Å². The van der Waals surface area contributed by atoms with Crippen molar-refractivity contribution in [1.29, 1.82) is 0 Å². The van der Waals surface area contributed by atoms with Crippen LogP contribution in [0, 0.1) is 20.8 Å². The highest BCUT2D eigenvalue weighted by Crippen LogP contribution is 2.41. The van der Waals surface area contributed by atoms with Crippen LogP contribution < -0.4 is 9.47 Å². The Balaban J connectivity index is 2.41. The van der Waals surface area contributed by atoms with Crippen molar-refractivity contribution in [2.45, 2.75) is 33.4 Å². The number of methoxy groups -OCH3 is 2. The summed E-state index contributed by atoms with van der Waals surface area (Å²) in [5, 5.41) is 0. The Labute approximate surface area is 160 Å². The van der Waals surface area contributed by atoms with Crippen molar-refractivity contribution < 1.29 is 23.6 Å². The number of carbonyl (C=O) groups is 2. The highest BCUT2D eigenvalue weighted by Gasteiger charge is 2.44. The third-order valence-corrected chi connectivity index (χ3v) is 6.06. The maximum atomic E-state index is 13.0. The quantitative estimate of drug-likeness (QED) is 0.501. The molecule has 0 aromatic heterocycles. The van der Waals surface area contributed by atoms with Crippen LogP contribution in [0.2, 0.25) is 0 Å². The van der Waals surface area contributed by atoms with E-state index in [9.17, 15) is 14.2 Å². The van der Waals surface area contributed by atoms with Gasteiger partial charge in [0.25, 0.3) is 0 Å². The Bertz CT molecular complexity index is 872. The molecule has 0 aliphatic heterocycles. The van der Waals surface area contributed by atoms with Gasteiger partial charge in [-0.3, -0.25) is 4.79 Å². The second-order valence-electron chi connectivity index (χ2n) is 6.48. The van der Waals surface area contributed by atoms with E-state index in [-0.39, 0.29) is 22.8 Å². The molecule has 6 heteroatoms. The molecule has 0 fully saturated rings. The van der Waals surface area contributed by atoms with Gasteiger partial charge >= 0.3 is 13.3 Å². The molecule has 2 rings (SSSR count). The second-order valence-corrected chi connectivity index (χ2v) is 8.31. The fraction of sp³-hybridized carbons (Fsp3) is 0.333. The van der Waals surface area contributed by atoms with Crippen LogP contribution in [-0.2, 0) is 4.57 Å². The monoisotopic (exact) mass is 387 g/mol. The molecule has 2 aromatic rings. The van der Waals surface area contributed by atoms with Crippen LogP contribution in [0.1, 0.15) is 44.3 Å². The standard InChI is InChI=1S/C21H24O5P/c1-12-10-13(2)18(14(3)11-12)20(22)15(4)27(24)21(23)19-16(25-5)8-7-9-17(19)26-6/h7-11,15H,1-6H3/q+1. The Morgan fingerprint density at radius 3 is 1.85 bits per heavy atom. The van der Waals surface area contributed by atoms with Crippen LogP contribution in [0.3, 0.4) is 0 Å². The Kier molecular flexibility index (Phi) is 6.50. The molecule has 0 radical (unpaired) electrons. The summed E-state index contributed by atoms with van der Waals surface area (Å²) in [4.78, 5) is 25.9. The Morgan fingerprint density at radius 1 is 0.926 bits per heavy atom. The maximum Gasteiger partial charge on any atom is 0.431 e. The molecule has 0 bridgehead atoms. The average Bonchev–Trinajstić information content (AvgIpc) is 2.64. The van der Waals surface area contributed by atoms with Crippen LogP contribution in [0.15, 0.2) is 30.3 Å². The minimum absolute atomic E-state index is 0.0978. The van der Waals surface area contributed by atoms with Crippen molar-refractivity contribution >= 4 is 19.1 Å². The number of hydrogen-bond acceptors (Lipinski definition) is 5. The first-order valence-electron chi connectivity index (χ1n) is 8.56. The summed E-state index contributed by atoms with van der Waals surface area (Å²) in [6.45, 7) is 7.17. The van der Waals surface area contributed by atoms with E-state index in [4.69, 9.17) is 9.47 Å². The molecule has 2 atom stereocenters. The lowest BCUT2D eigenvalue weighted by Gasteiger charge is -2.11. The van der Waals surface area contributed by atoms with Gasteiger partial charge in [0.2, 0.25) is 11.4 Å². The molecule has 0 N–H and O–H groups in total. The lowest BCUT2D eigenvalue weighted by molar-refractivity contribution is 0.0980. The molecule has 0 aliphatic carbocycles. The van der Waals surface area contributed by atoms with Crippen molar-refractivity contribution in [3.63, 3.8) is 0 Å². The first-order chi connectivity index (χ1) is 12.7. The summed E-state index contributed by atoms with van der Waals surface area (Å²) in [7, 11) is 0.329. The summed E-state index contributed by atoms with van der Waals surface area (Å²) >= 11 is 0. The van der Waals surface area contributed by atoms with Crippen LogP contribution in [0.25, 0.3) is 0 Å². The summed E-state index contributed by atoms with van der Waals surface area (Å²) in [6, 6.07) is 8.69. The van der Waals surface area contributed by atoms with E-state index in [1.165, 1.54) is 21.1 Å². The smallest absolute Gasteiger partial charge is 0.431 e. The minimum Gasteiger partial charge on any atom is -0.496 e. The van der Waals surface area contributed by atoms with Gasteiger partial charge in [-0.1, -0.05) is 28.3 Å². The van der Waals surface area contributed by atoms with E-state index in [0.29, 0.717) is 5.56 Å². The molecule has 27 heavy (non-hydrogen) atoms. The third kappa shape index (κ3) is 4.09. The number of Topliss-reactive ketones (excluding diaryl/α,β-unsaturated/α-hetero) is 1. The second kappa shape index (κ2) is 8.45. The zero-order valence-electron chi connectivity index (χ0n) is 16.5. The van der Waals surface area contributed by atoms with E-state index in [1.54, 1.807) is 18.2 Å². The van der Waals surface area contributed by atoms with Crippen molar-refractivity contribution in [2.75, 3.05) is 14.2 Å². The van der Waals surface area contributed by atoms with Crippen molar-refractivity contribution in [1.82, 2.24) is 0 Å². The van der Waals surface area contributed by atoms with Gasteiger partial charge in [-0.15, -0.1) is 0 Å². The zero-order chi connectivity index (χ0) is 20.3. The fourth-order valence-electron chi connectivity index (χ4n) is 3.23. The first kappa shape index (κ1) is 20.8. The van der Waals surface area contributed by atoms with Gasteiger partial charge in [-0.2, -0.15) is 0 Å². The molecular weight excluding hydrogens is 363 g/mol. The van der Waals surface area contributed by atoms with Gasteiger partial charge in [-0.25, -0.2) is 4.79 Å². The van der Waals surface area contributed by atoms with Gasteiger partial charge < -0.3 is 9.47 Å². The van der Waals surface area contributed by atoms with Crippen LogP contribution in [0.5, 0.6) is 11.5 Å². The van der Waals surface area contributed by atoms with E-state index in [1.807, 2.05) is 32.9 Å². The van der Waals surface area contributed by atoms with E-state index in [2.05, 4.69) is 0 Å². The van der Waals surface area contributed by atoms with Gasteiger partial charge in [-0.05, 0) is 51.0 Å². The summed E-state index contributed by atoms with van der Waals surface area (Å²) in [6.07, 6.45) is 0. The summed E-state index contributed by atoms with van der Waals surface area (Å²) < 4.78 is 23.4. The maximum absolute atomic E-state index is 13.0. The fourth-order valence-corrected chi connectivity index (χ4v) is 4.37. The normalized spacial score (nSPS) is 12.3. The molecule has 142 valence electrons. The molecule has 2 unspecified atom stereocenters.